The monoisotopic (exact) mass is 306 g/mol. The third-order valence-electron chi connectivity index (χ3n) is 5.70. The number of thioether (sulfide) groups is 1. The van der Waals surface area contributed by atoms with Crippen molar-refractivity contribution in [2.45, 2.75) is 50.2 Å². The molecule has 4 nitrogen and oxygen atoms in total. The summed E-state index contributed by atoms with van der Waals surface area (Å²) in [5.41, 5.74) is 1.28. The molecule has 0 spiro atoms. The molecule has 114 valence electrons. The van der Waals surface area contributed by atoms with Gasteiger partial charge in [0.05, 0.1) is 5.75 Å². The minimum Gasteiger partial charge on any atom is -0.481 e. The third kappa shape index (κ3) is 2.04. The maximum Gasteiger partial charge on any atom is 0.313 e. The minimum absolute atomic E-state index is 0.101. The Kier molecular flexibility index (Phi) is 3.10. The molecular weight excluding hydrogens is 284 g/mol. The maximum absolute atomic E-state index is 10.9. The van der Waals surface area contributed by atoms with Crippen LogP contribution in [-0.2, 0) is 4.79 Å². The average Bonchev–Trinajstić information content (AvgIpc) is 2.84. The molecule has 3 fully saturated rings. The third-order valence-corrected chi connectivity index (χ3v) is 6.65. The average molecular weight is 306 g/mol. The molecule has 3 aliphatic rings. The van der Waals surface area contributed by atoms with Gasteiger partial charge in [-0.3, -0.25) is 4.79 Å². The van der Waals surface area contributed by atoms with Gasteiger partial charge in [0.1, 0.15) is 0 Å². The van der Waals surface area contributed by atoms with Crippen LogP contribution in [-0.4, -0.2) is 26.4 Å². The van der Waals surface area contributed by atoms with Gasteiger partial charge in [0.25, 0.3) is 0 Å². The van der Waals surface area contributed by atoms with Crippen molar-refractivity contribution in [2.24, 2.45) is 23.7 Å². The second kappa shape index (κ2) is 4.77. The molecule has 0 aliphatic heterocycles. The predicted molar refractivity (Wildman–Crippen MR) is 81.5 cm³/mol. The molecule has 3 saturated carbocycles. The van der Waals surface area contributed by atoms with Gasteiger partial charge in [-0.05, 0) is 48.9 Å². The summed E-state index contributed by atoms with van der Waals surface area (Å²) >= 11 is 1.38. The van der Waals surface area contributed by atoms with E-state index in [1.807, 2.05) is 6.20 Å². The largest absolute Gasteiger partial charge is 0.481 e. The van der Waals surface area contributed by atoms with Crippen LogP contribution >= 0.6 is 11.8 Å². The van der Waals surface area contributed by atoms with Crippen LogP contribution in [0, 0.1) is 23.7 Å². The molecule has 0 radical (unpaired) electrons. The van der Waals surface area contributed by atoms with E-state index in [-0.39, 0.29) is 5.75 Å². The number of aromatic nitrogens is 2. The second-order valence-corrected chi connectivity index (χ2v) is 8.09. The molecule has 1 aromatic rings. The highest BCUT2D eigenvalue weighted by Crippen LogP contribution is 2.72. The number of aliphatic carboxylic acids is 1. The molecule has 0 saturated heterocycles. The summed E-state index contributed by atoms with van der Waals surface area (Å²) in [5.74, 6) is 3.31. The lowest BCUT2D eigenvalue weighted by Crippen LogP contribution is -2.11. The lowest BCUT2D eigenvalue weighted by atomic mass is 10.0. The first-order valence-corrected chi connectivity index (χ1v) is 8.98. The maximum atomic E-state index is 10.9. The van der Waals surface area contributed by atoms with Crippen molar-refractivity contribution in [1.29, 1.82) is 0 Å². The van der Waals surface area contributed by atoms with Gasteiger partial charge in [-0.25, -0.2) is 4.98 Å². The number of hydrogen-bond donors (Lipinski definition) is 1. The van der Waals surface area contributed by atoms with E-state index in [0.717, 1.165) is 28.8 Å². The fraction of sp³-hybridized carbons (Fsp3) is 0.750. The molecule has 0 amide bonds. The molecule has 4 atom stereocenters. The lowest BCUT2D eigenvalue weighted by molar-refractivity contribution is -0.133. The molecule has 3 aliphatic carbocycles. The first-order chi connectivity index (χ1) is 10.1. The number of imidazole rings is 1. The molecular formula is C16H22N2O2S. The summed E-state index contributed by atoms with van der Waals surface area (Å²) in [6.45, 7) is 4.40. The van der Waals surface area contributed by atoms with Crippen LogP contribution in [0.5, 0.6) is 0 Å². The van der Waals surface area contributed by atoms with E-state index in [2.05, 4.69) is 23.4 Å². The van der Waals surface area contributed by atoms with Crippen LogP contribution in [0.4, 0.5) is 0 Å². The van der Waals surface area contributed by atoms with Crippen molar-refractivity contribution < 1.29 is 9.90 Å². The quantitative estimate of drug-likeness (QED) is 0.847. The van der Waals surface area contributed by atoms with E-state index in [1.165, 1.54) is 36.7 Å². The van der Waals surface area contributed by atoms with Crippen LogP contribution in [0.1, 0.15) is 50.8 Å². The van der Waals surface area contributed by atoms with Crippen LogP contribution in [0.3, 0.4) is 0 Å². The zero-order chi connectivity index (χ0) is 14.7. The van der Waals surface area contributed by atoms with Crippen molar-refractivity contribution in [3.63, 3.8) is 0 Å². The van der Waals surface area contributed by atoms with Crippen molar-refractivity contribution in [1.82, 2.24) is 9.55 Å². The van der Waals surface area contributed by atoms with Gasteiger partial charge >= 0.3 is 5.97 Å². The Balaban J connectivity index is 1.64. The van der Waals surface area contributed by atoms with E-state index in [1.54, 1.807) is 0 Å². The summed E-state index contributed by atoms with van der Waals surface area (Å²) in [6, 6.07) is 0.604. The number of carboxylic acids is 1. The number of carboxylic acid groups (broad SMARTS) is 1. The molecule has 4 unspecified atom stereocenters. The van der Waals surface area contributed by atoms with Crippen molar-refractivity contribution in [3.05, 3.63) is 11.9 Å². The zero-order valence-electron chi connectivity index (χ0n) is 12.5. The van der Waals surface area contributed by atoms with Crippen molar-refractivity contribution >= 4 is 17.7 Å². The number of fused-ring (bicyclic) bond motifs is 5. The first-order valence-electron chi connectivity index (χ1n) is 7.99. The minimum atomic E-state index is -0.767. The van der Waals surface area contributed by atoms with Crippen LogP contribution < -0.4 is 0 Å². The van der Waals surface area contributed by atoms with Gasteiger partial charge in [-0.15, -0.1) is 0 Å². The summed E-state index contributed by atoms with van der Waals surface area (Å²) in [6.07, 6.45) is 6.22. The fourth-order valence-corrected chi connectivity index (χ4v) is 5.69. The molecule has 4 rings (SSSR count). The Hall–Kier alpha value is -0.970. The Morgan fingerprint density at radius 1 is 1.43 bits per heavy atom. The molecule has 21 heavy (non-hydrogen) atoms. The number of hydrogen-bond acceptors (Lipinski definition) is 3. The Labute approximate surface area is 129 Å². The molecule has 1 aromatic heterocycles. The van der Waals surface area contributed by atoms with E-state index < -0.39 is 5.97 Å². The topological polar surface area (TPSA) is 55.1 Å². The summed E-state index contributed by atoms with van der Waals surface area (Å²) in [7, 11) is 0. The number of carbonyl (C=O) groups is 1. The van der Waals surface area contributed by atoms with Crippen molar-refractivity contribution in [3.8, 4) is 0 Å². The van der Waals surface area contributed by atoms with Crippen LogP contribution in [0.2, 0.25) is 0 Å². The normalized spacial score (nSPS) is 36.2. The van der Waals surface area contributed by atoms with Crippen LogP contribution in [0.25, 0.3) is 0 Å². The molecule has 5 heteroatoms. The molecule has 1 N–H and O–H groups in total. The van der Waals surface area contributed by atoms with Crippen molar-refractivity contribution in [2.75, 3.05) is 5.75 Å². The number of rotatable bonds is 5. The first kappa shape index (κ1) is 13.7. The summed E-state index contributed by atoms with van der Waals surface area (Å²) < 4.78 is 2.40. The van der Waals surface area contributed by atoms with E-state index in [9.17, 15) is 4.79 Å². The molecule has 1 heterocycles. The van der Waals surface area contributed by atoms with E-state index >= 15 is 0 Å². The fourth-order valence-electron chi connectivity index (χ4n) is 4.94. The smallest absolute Gasteiger partial charge is 0.313 e. The molecule has 0 aromatic carbocycles. The number of nitrogens with zero attached hydrogens (tertiary/aromatic N) is 2. The van der Waals surface area contributed by atoms with E-state index in [0.29, 0.717) is 12.0 Å². The van der Waals surface area contributed by atoms with E-state index in [4.69, 9.17) is 5.11 Å². The summed E-state index contributed by atoms with van der Waals surface area (Å²) in [5, 5.41) is 9.85. The van der Waals surface area contributed by atoms with Gasteiger partial charge in [0.2, 0.25) is 0 Å². The summed E-state index contributed by atoms with van der Waals surface area (Å²) in [4.78, 5) is 15.4. The zero-order valence-corrected chi connectivity index (χ0v) is 13.3. The van der Waals surface area contributed by atoms with Gasteiger partial charge in [-0.1, -0.05) is 25.6 Å². The Morgan fingerprint density at radius 2 is 2.10 bits per heavy atom. The van der Waals surface area contributed by atoms with Gasteiger partial charge in [0.15, 0.2) is 5.16 Å². The molecule has 2 bridgehead atoms. The van der Waals surface area contributed by atoms with Crippen LogP contribution in [0.15, 0.2) is 11.4 Å². The second-order valence-electron chi connectivity index (χ2n) is 7.15. The van der Waals surface area contributed by atoms with Gasteiger partial charge in [0, 0.05) is 17.9 Å². The standard InChI is InChI=1S/C16H22N2O2S/c1-8(2)11-6-17-16(21-7-12(19)20)18(11)15-13-9-3-4-10(5-9)14(13)15/h6,8-10,13-15H,3-5,7H2,1-2H3,(H,19,20). The van der Waals surface area contributed by atoms with Gasteiger partial charge < -0.3 is 9.67 Å². The highest BCUT2D eigenvalue weighted by Gasteiger charge is 2.66. The van der Waals surface area contributed by atoms with Gasteiger partial charge in [-0.2, -0.15) is 0 Å². The highest BCUT2D eigenvalue weighted by molar-refractivity contribution is 7.99. The Morgan fingerprint density at radius 3 is 2.67 bits per heavy atom. The lowest BCUT2D eigenvalue weighted by Gasteiger charge is -2.17. The highest BCUT2D eigenvalue weighted by atomic mass is 32.2. The SMILES string of the molecule is CC(C)c1cnc(SCC(=O)O)n1C1C2C3CCC(C3)C21. The predicted octanol–water partition coefficient (Wildman–Crippen LogP) is 3.40. The Bertz CT molecular complexity index is 567.